The SMILES string of the molecule is C.C=CC1(CC)CC(Cc2nc3nc(-c4ccc(-c5ccccc5)cc4)c(Cl)cc3[nH]2)C1. The Morgan fingerprint density at radius 3 is 2.34 bits per heavy atom. The van der Waals surface area contributed by atoms with E-state index in [0.717, 1.165) is 41.1 Å². The molecule has 0 saturated heterocycles. The number of rotatable bonds is 6. The molecule has 1 N–H and O–H groups in total. The average Bonchev–Trinajstić information content (AvgIpc) is 3.17. The van der Waals surface area contributed by atoms with Crippen LogP contribution in [-0.2, 0) is 6.42 Å². The zero-order valence-corrected chi connectivity index (χ0v) is 18.5. The monoisotopic (exact) mass is 443 g/mol. The predicted octanol–water partition coefficient (Wildman–Crippen LogP) is 8.12. The van der Waals surface area contributed by atoms with Crippen LogP contribution in [-0.4, -0.2) is 15.0 Å². The summed E-state index contributed by atoms with van der Waals surface area (Å²) < 4.78 is 0. The minimum Gasteiger partial charge on any atom is -0.341 e. The standard InChI is InChI=1S/C27H26ClN3.CH4/c1-3-27(4-2)16-18(17-27)14-24-29-23-15-22(28)25(31-26(23)30-24)21-12-10-20(11-13-21)19-8-6-5-7-9-19;/h3,5-13,15,18H,1,4,14,16-17H2,2H3,(H,29,30,31);1H4. The van der Waals surface area contributed by atoms with E-state index in [1.807, 2.05) is 24.3 Å². The molecule has 2 heterocycles. The first-order chi connectivity index (χ1) is 15.1. The molecule has 0 amide bonds. The van der Waals surface area contributed by atoms with Crippen LogP contribution in [0.2, 0.25) is 5.02 Å². The number of fused-ring (bicyclic) bond motifs is 1. The zero-order chi connectivity index (χ0) is 21.4. The lowest BCUT2D eigenvalue weighted by Gasteiger charge is -2.45. The second kappa shape index (κ2) is 8.91. The molecule has 164 valence electrons. The van der Waals surface area contributed by atoms with Crippen molar-refractivity contribution in [2.24, 2.45) is 11.3 Å². The molecule has 2 aromatic heterocycles. The van der Waals surface area contributed by atoms with Crippen LogP contribution >= 0.6 is 11.6 Å². The van der Waals surface area contributed by atoms with Gasteiger partial charge in [0.05, 0.1) is 16.2 Å². The topological polar surface area (TPSA) is 41.6 Å². The average molecular weight is 444 g/mol. The van der Waals surface area contributed by atoms with Crippen molar-refractivity contribution in [1.29, 1.82) is 0 Å². The fraction of sp³-hybridized carbons (Fsp3) is 0.286. The van der Waals surface area contributed by atoms with E-state index in [-0.39, 0.29) is 7.43 Å². The normalized spacial score (nSPS) is 19.9. The minimum absolute atomic E-state index is 0. The van der Waals surface area contributed by atoms with Crippen LogP contribution in [0.4, 0.5) is 0 Å². The van der Waals surface area contributed by atoms with Gasteiger partial charge >= 0.3 is 0 Å². The number of aromatic nitrogens is 3. The zero-order valence-electron chi connectivity index (χ0n) is 17.7. The first-order valence-electron chi connectivity index (χ1n) is 10.9. The van der Waals surface area contributed by atoms with Gasteiger partial charge in [0.2, 0.25) is 0 Å². The molecule has 1 fully saturated rings. The van der Waals surface area contributed by atoms with Gasteiger partial charge in [-0.15, -0.1) is 6.58 Å². The van der Waals surface area contributed by atoms with Crippen molar-refractivity contribution in [1.82, 2.24) is 15.0 Å². The van der Waals surface area contributed by atoms with Gasteiger partial charge in [-0.3, -0.25) is 0 Å². The summed E-state index contributed by atoms with van der Waals surface area (Å²) >= 11 is 6.60. The Balaban J connectivity index is 0.00000245. The summed E-state index contributed by atoms with van der Waals surface area (Å²) in [6.45, 7) is 6.27. The maximum absolute atomic E-state index is 6.60. The van der Waals surface area contributed by atoms with E-state index in [9.17, 15) is 0 Å². The highest BCUT2D eigenvalue weighted by Crippen LogP contribution is 2.50. The number of hydrogen-bond acceptors (Lipinski definition) is 2. The Hall–Kier alpha value is -2.91. The van der Waals surface area contributed by atoms with E-state index >= 15 is 0 Å². The van der Waals surface area contributed by atoms with Crippen LogP contribution in [0.15, 0.2) is 73.3 Å². The highest BCUT2D eigenvalue weighted by atomic mass is 35.5. The third-order valence-corrected chi connectivity index (χ3v) is 7.04. The van der Waals surface area contributed by atoms with Gasteiger partial charge in [-0.2, -0.15) is 0 Å². The summed E-state index contributed by atoms with van der Waals surface area (Å²) in [6.07, 6.45) is 6.63. The summed E-state index contributed by atoms with van der Waals surface area (Å²) in [4.78, 5) is 13.0. The lowest BCUT2D eigenvalue weighted by molar-refractivity contribution is 0.102. The Morgan fingerprint density at radius 2 is 1.69 bits per heavy atom. The van der Waals surface area contributed by atoms with Crippen LogP contribution in [0, 0.1) is 11.3 Å². The quantitative estimate of drug-likeness (QED) is 0.305. The number of nitrogens with zero attached hydrogens (tertiary/aromatic N) is 2. The lowest BCUT2D eigenvalue weighted by atomic mass is 9.60. The third-order valence-electron chi connectivity index (χ3n) is 6.75. The summed E-state index contributed by atoms with van der Waals surface area (Å²) in [5, 5.41) is 0.635. The van der Waals surface area contributed by atoms with Crippen LogP contribution in [0.25, 0.3) is 33.5 Å². The third kappa shape index (κ3) is 4.10. The molecule has 1 saturated carbocycles. The van der Waals surface area contributed by atoms with E-state index in [0.29, 0.717) is 16.4 Å². The molecule has 5 rings (SSSR count). The smallest absolute Gasteiger partial charge is 0.178 e. The molecule has 0 bridgehead atoms. The second-order valence-corrected chi connectivity index (χ2v) is 9.12. The molecule has 3 nitrogen and oxygen atoms in total. The molecule has 0 spiro atoms. The Labute approximate surface area is 195 Å². The van der Waals surface area contributed by atoms with E-state index < -0.39 is 0 Å². The fourth-order valence-corrected chi connectivity index (χ4v) is 5.09. The number of allylic oxidation sites excluding steroid dienone is 1. The number of pyridine rings is 1. The summed E-state index contributed by atoms with van der Waals surface area (Å²) in [5.41, 5.74) is 6.09. The summed E-state index contributed by atoms with van der Waals surface area (Å²) in [5.74, 6) is 1.65. The summed E-state index contributed by atoms with van der Waals surface area (Å²) in [6, 6.07) is 20.7. The van der Waals surface area contributed by atoms with Gasteiger partial charge in [-0.05, 0) is 47.8 Å². The molecule has 2 aromatic carbocycles. The van der Waals surface area contributed by atoms with Crippen LogP contribution in [0.5, 0.6) is 0 Å². The highest BCUT2D eigenvalue weighted by Gasteiger charge is 2.40. The molecule has 0 atom stereocenters. The van der Waals surface area contributed by atoms with Crippen molar-refractivity contribution >= 4 is 22.8 Å². The van der Waals surface area contributed by atoms with Gasteiger partial charge in [0.1, 0.15) is 5.82 Å². The van der Waals surface area contributed by atoms with Gasteiger partial charge in [-0.25, -0.2) is 9.97 Å². The van der Waals surface area contributed by atoms with Crippen molar-refractivity contribution in [3.63, 3.8) is 0 Å². The van der Waals surface area contributed by atoms with Crippen molar-refractivity contribution in [3.05, 3.63) is 84.2 Å². The Bertz CT molecular complexity index is 1220. The molecular formula is C28H30ClN3. The second-order valence-electron chi connectivity index (χ2n) is 8.72. The van der Waals surface area contributed by atoms with E-state index in [1.54, 1.807) is 0 Å². The number of benzene rings is 2. The van der Waals surface area contributed by atoms with Crippen molar-refractivity contribution in [3.8, 4) is 22.4 Å². The predicted molar refractivity (Wildman–Crippen MR) is 136 cm³/mol. The summed E-state index contributed by atoms with van der Waals surface area (Å²) in [7, 11) is 0. The van der Waals surface area contributed by atoms with E-state index in [2.05, 4.69) is 61.0 Å². The minimum atomic E-state index is 0. The number of aromatic amines is 1. The molecule has 1 aliphatic rings. The van der Waals surface area contributed by atoms with E-state index in [4.69, 9.17) is 21.6 Å². The molecule has 0 unspecified atom stereocenters. The number of halogens is 1. The molecular weight excluding hydrogens is 414 g/mol. The molecule has 32 heavy (non-hydrogen) atoms. The highest BCUT2D eigenvalue weighted by molar-refractivity contribution is 6.33. The molecule has 1 aliphatic carbocycles. The number of H-pyrrole nitrogens is 1. The van der Waals surface area contributed by atoms with Crippen LogP contribution in [0.1, 0.15) is 39.4 Å². The number of hydrogen-bond donors (Lipinski definition) is 1. The molecule has 0 radical (unpaired) electrons. The fourth-order valence-electron chi connectivity index (χ4n) is 4.83. The van der Waals surface area contributed by atoms with Crippen LogP contribution in [0.3, 0.4) is 0 Å². The Kier molecular flexibility index (Phi) is 6.21. The molecule has 4 heteroatoms. The number of imidazole rings is 1. The van der Waals surface area contributed by atoms with Crippen molar-refractivity contribution in [2.75, 3.05) is 0 Å². The maximum atomic E-state index is 6.60. The first kappa shape index (κ1) is 22.3. The van der Waals surface area contributed by atoms with Gasteiger partial charge < -0.3 is 4.98 Å². The van der Waals surface area contributed by atoms with E-state index in [1.165, 1.54) is 24.0 Å². The maximum Gasteiger partial charge on any atom is 0.178 e. The van der Waals surface area contributed by atoms with Crippen molar-refractivity contribution < 1.29 is 0 Å². The first-order valence-corrected chi connectivity index (χ1v) is 11.3. The van der Waals surface area contributed by atoms with Gasteiger partial charge in [0.25, 0.3) is 0 Å². The molecule has 0 aliphatic heterocycles. The molecule has 4 aromatic rings. The lowest BCUT2D eigenvalue weighted by Crippen LogP contribution is -2.36. The Morgan fingerprint density at radius 1 is 1.03 bits per heavy atom. The van der Waals surface area contributed by atoms with Crippen molar-refractivity contribution in [2.45, 2.75) is 40.0 Å². The largest absolute Gasteiger partial charge is 0.341 e. The van der Waals surface area contributed by atoms with Gasteiger partial charge in [0.15, 0.2) is 5.65 Å². The van der Waals surface area contributed by atoms with Gasteiger partial charge in [-0.1, -0.05) is 86.6 Å². The number of nitrogens with one attached hydrogen (secondary N) is 1. The van der Waals surface area contributed by atoms with Gasteiger partial charge in [0, 0.05) is 12.0 Å². The van der Waals surface area contributed by atoms with Crippen LogP contribution < -0.4 is 0 Å².